The van der Waals surface area contributed by atoms with Crippen LogP contribution in [0.2, 0.25) is 0 Å². The maximum atomic E-state index is 13.4. The lowest BCUT2D eigenvalue weighted by Gasteiger charge is -2.12. The zero-order valence-corrected chi connectivity index (χ0v) is 18.0. The molecule has 0 aliphatic rings. The van der Waals surface area contributed by atoms with Gasteiger partial charge in [0.15, 0.2) is 9.84 Å². The van der Waals surface area contributed by atoms with Gasteiger partial charge >= 0.3 is 6.18 Å². The van der Waals surface area contributed by atoms with Gasteiger partial charge in [-0.25, -0.2) is 13.4 Å². The van der Waals surface area contributed by atoms with Crippen LogP contribution in [0.15, 0.2) is 71.6 Å². The van der Waals surface area contributed by atoms with Crippen molar-refractivity contribution in [2.24, 2.45) is 0 Å². The molecule has 0 amide bonds. The Bertz CT molecular complexity index is 1410. The average Bonchev–Trinajstić information content (AvgIpc) is 3.07. The number of hydrogen-bond donors (Lipinski definition) is 0. The number of fused-ring (bicyclic) bond motifs is 1. The molecule has 0 radical (unpaired) electrons. The van der Waals surface area contributed by atoms with E-state index in [0.717, 1.165) is 12.3 Å². The molecule has 0 aliphatic carbocycles. The third-order valence-corrected chi connectivity index (χ3v) is 6.08. The van der Waals surface area contributed by atoms with Gasteiger partial charge in [-0.2, -0.15) is 13.2 Å². The Morgan fingerprint density at radius 3 is 2.44 bits per heavy atom. The van der Waals surface area contributed by atoms with Crippen molar-refractivity contribution in [1.29, 1.82) is 0 Å². The second-order valence-corrected chi connectivity index (χ2v) is 9.39. The van der Waals surface area contributed by atoms with E-state index in [-0.39, 0.29) is 17.0 Å². The van der Waals surface area contributed by atoms with E-state index in [4.69, 9.17) is 4.74 Å². The highest BCUT2D eigenvalue weighted by Gasteiger charge is 2.34. The normalized spacial score (nSPS) is 12.3. The molecule has 3 aromatic carbocycles. The summed E-state index contributed by atoms with van der Waals surface area (Å²) in [7, 11) is -3.33. The van der Waals surface area contributed by atoms with Gasteiger partial charge < -0.3 is 4.74 Å². The van der Waals surface area contributed by atoms with Crippen LogP contribution in [0.4, 0.5) is 13.2 Å². The third kappa shape index (κ3) is 4.34. The Morgan fingerprint density at radius 2 is 1.72 bits per heavy atom. The van der Waals surface area contributed by atoms with Gasteiger partial charge in [0.1, 0.15) is 23.7 Å². The molecule has 1 aromatic heterocycles. The van der Waals surface area contributed by atoms with Crippen molar-refractivity contribution in [3.05, 3.63) is 83.7 Å². The second kappa shape index (κ2) is 7.98. The van der Waals surface area contributed by atoms with E-state index < -0.39 is 21.6 Å². The van der Waals surface area contributed by atoms with E-state index >= 15 is 0 Å². The molecule has 0 bridgehead atoms. The number of rotatable bonds is 5. The van der Waals surface area contributed by atoms with E-state index in [2.05, 4.69) is 4.98 Å². The first-order valence-corrected chi connectivity index (χ1v) is 11.5. The summed E-state index contributed by atoms with van der Waals surface area (Å²) in [6.45, 7) is 1.78. The van der Waals surface area contributed by atoms with Crippen LogP contribution in [0.25, 0.3) is 16.7 Å². The molecule has 166 valence electrons. The number of ether oxygens (including phenoxy) is 1. The molecular weight excluding hydrogens is 441 g/mol. The molecule has 0 N–H and O–H groups in total. The standard InChI is InChI=1S/C23H19F3N2O3S/c1-15-27-22-20(23(24,25)26)10-5-11-21(22)28(15)17-7-4-8-18(13-17)31-14-16-6-3-9-19(12-16)32(2,29)30/h3-13H,14H2,1-2H3. The number of sulfone groups is 1. The van der Waals surface area contributed by atoms with Crippen molar-refractivity contribution in [1.82, 2.24) is 9.55 Å². The van der Waals surface area contributed by atoms with Crippen molar-refractivity contribution in [2.75, 3.05) is 6.26 Å². The molecule has 0 saturated heterocycles. The van der Waals surface area contributed by atoms with Crippen molar-refractivity contribution in [3.8, 4) is 11.4 Å². The van der Waals surface area contributed by atoms with Gasteiger partial charge in [0.05, 0.1) is 21.7 Å². The molecule has 4 aromatic rings. The predicted molar refractivity (Wildman–Crippen MR) is 115 cm³/mol. The fourth-order valence-electron chi connectivity index (χ4n) is 3.52. The van der Waals surface area contributed by atoms with Crippen molar-refractivity contribution in [2.45, 2.75) is 24.6 Å². The first-order valence-electron chi connectivity index (χ1n) is 9.61. The van der Waals surface area contributed by atoms with Gasteiger partial charge in [-0.15, -0.1) is 0 Å². The van der Waals surface area contributed by atoms with Crippen molar-refractivity contribution in [3.63, 3.8) is 0 Å². The number of alkyl halides is 3. The average molecular weight is 460 g/mol. The summed E-state index contributed by atoms with van der Waals surface area (Å²) in [6, 6.07) is 17.3. The van der Waals surface area contributed by atoms with Gasteiger partial charge in [0.2, 0.25) is 0 Å². The summed E-state index contributed by atoms with van der Waals surface area (Å²) in [5.74, 6) is 0.898. The fourth-order valence-corrected chi connectivity index (χ4v) is 4.21. The molecule has 32 heavy (non-hydrogen) atoms. The highest BCUT2D eigenvalue weighted by Crippen LogP contribution is 2.35. The first kappa shape index (κ1) is 21.9. The van der Waals surface area contributed by atoms with E-state index in [9.17, 15) is 21.6 Å². The topological polar surface area (TPSA) is 61.2 Å². The minimum Gasteiger partial charge on any atom is -0.489 e. The molecule has 1 heterocycles. The smallest absolute Gasteiger partial charge is 0.418 e. The number of benzene rings is 3. The molecule has 0 spiro atoms. The zero-order valence-electron chi connectivity index (χ0n) is 17.2. The Morgan fingerprint density at radius 1 is 1.00 bits per heavy atom. The Balaban J connectivity index is 1.66. The van der Waals surface area contributed by atoms with Crippen LogP contribution in [-0.4, -0.2) is 24.2 Å². The highest BCUT2D eigenvalue weighted by atomic mass is 32.2. The van der Waals surface area contributed by atoms with Gasteiger partial charge in [0, 0.05) is 12.3 Å². The van der Waals surface area contributed by atoms with Gasteiger partial charge in [0.25, 0.3) is 0 Å². The van der Waals surface area contributed by atoms with Crippen molar-refractivity contribution < 1.29 is 26.3 Å². The third-order valence-electron chi connectivity index (χ3n) is 4.97. The number of para-hydroxylation sites is 1. The molecule has 0 fully saturated rings. The van der Waals surface area contributed by atoms with Gasteiger partial charge in [-0.05, 0) is 48.9 Å². The minimum absolute atomic E-state index is 0.110. The van der Waals surface area contributed by atoms with Gasteiger partial charge in [-0.3, -0.25) is 4.57 Å². The monoisotopic (exact) mass is 460 g/mol. The predicted octanol–water partition coefficient (Wildman–Crippen LogP) is 5.34. The number of aryl methyl sites for hydroxylation is 1. The van der Waals surface area contributed by atoms with Crippen LogP contribution in [-0.2, 0) is 22.6 Å². The largest absolute Gasteiger partial charge is 0.489 e. The van der Waals surface area contributed by atoms with Crippen LogP contribution in [0, 0.1) is 6.92 Å². The summed E-state index contributed by atoms with van der Waals surface area (Å²) in [5.41, 5.74) is 0.732. The first-order chi connectivity index (χ1) is 15.0. The molecule has 0 saturated carbocycles. The lowest BCUT2D eigenvalue weighted by Crippen LogP contribution is -2.05. The number of halogens is 3. The number of imidazole rings is 1. The number of aromatic nitrogens is 2. The van der Waals surface area contributed by atoms with Crippen LogP contribution in [0.3, 0.4) is 0 Å². The van der Waals surface area contributed by atoms with Crippen LogP contribution >= 0.6 is 0 Å². The summed E-state index contributed by atoms with van der Waals surface area (Å²) in [6.07, 6.45) is -3.37. The zero-order chi connectivity index (χ0) is 23.1. The highest BCUT2D eigenvalue weighted by molar-refractivity contribution is 7.90. The lowest BCUT2D eigenvalue weighted by molar-refractivity contribution is -0.136. The summed E-state index contributed by atoms with van der Waals surface area (Å²) >= 11 is 0. The number of hydrogen-bond acceptors (Lipinski definition) is 4. The molecular formula is C23H19F3N2O3S. The molecule has 0 atom stereocenters. The maximum Gasteiger partial charge on any atom is 0.418 e. The van der Waals surface area contributed by atoms with Crippen LogP contribution in [0.5, 0.6) is 5.75 Å². The molecule has 0 unspecified atom stereocenters. The van der Waals surface area contributed by atoms with Gasteiger partial charge in [-0.1, -0.05) is 24.3 Å². The van der Waals surface area contributed by atoms with Crippen LogP contribution in [0.1, 0.15) is 17.0 Å². The Labute approximate surface area is 183 Å². The number of nitrogens with zero attached hydrogens (tertiary/aromatic N) is 2. The quantitative estimate of drug-likeness (QED) is 0.404. The lowest BCUT2D eigenvalue weighted by atomic mass is 10.1. The minimum atomic E-state index is -4.50. The molecule has 5 nitrogen and oxygen atoms in total. The van der Waals surface area contributed by atoms with E-state index in [1.54, 1.807) is 60.0 Å². The fraction of sp³-hybridized carbons (Fsp3) is 0.174. The SMILES string of the molecule is Cc1nc2c(C(F)(F)F)cccc2n1-c1cccc(OCc2cccc(S(C)(=O)=O)c2)c1. The summed E-state index contributed by atoms with van der Waals surface area (Å²) in [4.78, 5) is 4.36. The van der Waals surface area contributed by atoms with Crippen LogP contribution < -0.4 is 4.74 Å². The Kier molecular flexibility index (Phi) is 5.46. The van der Waals surface area contributed by atoms with Crippen molar-refractivity contribution >= 4 is 20.9 Å². The van der Waals surface area contributed by atoms with E-state index in [0.29, 0.717) is 28.3 Å². The second-order valence-electron chi connectivity index (χ2n) is 7.37. The maximum absolute atomic E-state index is 13.4. The summed E-state index contributed by atoms with van der Waals surface area (Å²) < 4.78 is 71.1. The van der Waals surface area contributed by atoms with E-state index in [1.165, 1.54) is 12.1 Å². The molecule has 4 rings (SSSR count). The molecule has 0 aliphatic heterocycles. The van der Waals surface area contributed by atoms with E-state index in [1.807, 2.05) is 0 Å². The summed E-state index contributed by atoms with van der Waals surface area (Å²) in [5, 5.41) is 0. The molecule has 9 heteroatoms. The Hall–Kier alpha value is -3.33.